The summed E-state index contributed by atoms with van der Waals surface area (Å²) in [5, 5.41) is 1.39. The van der Waals surface area contributed by atoms with Crippen LogP contribution in [0.2, 0.25) is 0 Å². The number of aryl methyl sites for hydroxylation is 1. The Morgan fingerprint density at radius 1 is 0.742 bits per heavy atom. The Morgan fingerprint density at radius 3 is 2.26 bits per heavy atom. The topological polar surface area (TPSA) is 8.17 Å². The van der Waals surface area contributed by atoms with Crippen molar-refractivity contribution in [2.45, 2.75) is 25.7 Å². The fourth-order valence-corrected chi connectivity index (χ4v) is 4.73. The van der Waals surface area contributed by atoms with Gasteiger partial charge in [0.05, 0.1) is 5.52 Å². The fraction of sp³-hybridized carbons (Fsp3) is 0.241. The van der Waals surface area contributed by atoms with Crippen molar-refractivity contribution in [1.29, 1.82) is 0 Å². The molecule has 3 aromatic carbocycles. The van der Waals surface area contributed by atoms with Crippen LogP contribution in [0.25, 0.3) is 22.2 Å². The standard InChI is InChI=1S/C29H30N2/c1-3-11-24(12-4-1)25-18-21-30(22-19-25)20-10-9-13-26-23-31(27-14-5-2-6-15-27)29-17-8-7-16-28(26)29/h1-8,11-12,14-18,23H,9-10,13,19-22H2. The van der Waals surface area contributed by atoms with Gasteiger partial charge in [-0.1, -0.05) is 72.8 Å². The van der Waals surface area contributed by atoms with E-state index in [-0.39, 0.29) is 0 Å². The zero-order valence-electron chi connectivity index (χ0n) is 18.1. The van der Waals surface area contributed by atoms with Gasteiger partial charge < -0.3 is 4.57 Å². The van der Waals surface area contributed by atoms with Crippen molar-refractivity contribution in [1.82, 2.24) is 9.47 Å². The van der Waals surface area contributed by atoms with Crippen LogP contribution in [0.3, 0.4) is 0 Å². The normalized spacial score (nSPS) is 14.6. The summed E-state index contributed by atoms with van der Waals surface area (Å²) in [6.45, 7) is 3.45. The highest BCUT2D eigenvalue weighted by atomic mass is 15.1. The van der Waals surface area contributed by atoms with E-state index >= 15 is 0 Å². The Morgan fingerprint density at radius 2 is 1.48 bits per heavy atom. The fourth-order valence-electron chi connectivity index (χ4n) is 4.73. The molecule has 0 aliphatic carbocycles. The second-order valence-electron chi connectivity index (χ2n) is 8.48. The Kier molecular flexibility index (Phi) is 5.99. The van der Waals surface area contributed by atoms with Crippen molar-refractivity contribution in [2.75, 3.05) is 19.6 Å². The predicted octanol–water partition coefficient (Wildman–Crippen LogP) is 6.74. The summed E-state index contributed by atoms with van der Waals surface area (Å²) < 4.78 is 2.34. The lowest BCUT2D eigenvalue weighted by atomic mass is 9.99. The first kappa shape index (κ1) is 19.8. The third kappa shape index (κ3) is 4.50. The summed E-state index contributed by atoms with van der Waals surface area (Å²) in [6.07, 6.45) is 9.55. The largest absolute Gasteiger partial charge is 0.316 e. The highest BCUT2D eigenvalue weighted by molar-refractivity contribution is 5.85. The number of hydrogen-bond acceptors (Lipinski definition) is 1. The summed E-state index contributed by atoms with van der Waals surface area (Å²) in [5.74, 6) is 0. The average Bonchev–Trinajstić information content (AvgIpc) is 3.22. The minimum atomic E-state index is 1.08. The van der Waals surface area contributed by atoms with Gasteiger partial charge >= 0.3 is 0 Å². The van der Waals surface area contributed by atoms with Crippen LogP contribution in [0.1, 0.15) is 30.4 Å². The van der Waals surface area contributed by atoms with Crippen molar-refractivity contribution in [3.05, 3.63) is 108 Å². The quantitative estimate of drug-likeness (QED) is 0.308. The lowest BCUT2D eigenvalue weighted by Gasteiger charge is -2.26. The molecule has 1 aliphatic heterocycles. The molecular formula is C29H30N2. The number of rotatable bonds is 7. The smallest absolute Gasteiger partial charge is 0.0531 e. The van der Waals surface area contributed by atoms with E-state index in [1.165, 1.54) is 59.2 Å². The molecule has 5 rings (SSSR count). The number of nitrogens with zero attached hydrogens (tertiary/aromatic N) is 2. The first-order chi connectivity index (χ1) is 15.4. The van der Waals surface area contributed by atoms with Gasteiger partial charge in [0.1, 0.15) is 0 Å². The van der Waals surface area contributed by atoms with Gasteiger partial charge in [-0.3, -0.25) is 4.90 Å². The van der Waals surface area contributed by atoms with Gasteiger partial charge in [-0.15, -0.1) is 0 Å². The van der Waals surface area contributed by atoms with Crippen LogP contribution in [0.5, 0.6) is 0 Å². The molecule has 0 fully saturated rings. The zero-order chi connectivity index (χ0) is 20.9. The molecule has 1 aromatic heterocycles. The SMILES string of the molecule is C1=C(c2ccccc2)CCN(CCCCc2cn(-c3ccccc3)c3ccccc23)C1. The number of hydrogen-bond donors (Lipinski definition) is 0. The third-order valence-electron chi connectivity index (χ3n) is 6.44. The average molecular weight is 407 g/mol. The first-order valence-electron chi connectivity index (χ1n) is 11.5. The number of unbranched alkanes of at least 4 members (excludes halogenated alkanes) is 1. The van der Waals surface area contributed by atoms with Crippen molar-refractivity contribution < 1.29 is 0 Å². The molecule has 0 spiro atoms. The molecular weight excluding hydrogens is 376 g/mol. The van der Waals surface area contributed by atoms with Crippen LogP contribution in [0, 0.1) is 0 Å². The van der Waals surface area contributed by atoms with E-state index in [1.807, 2.05) is 0 Å². The maximum Gasteiger partial charge on any atom is 0.0531 e. The van der Waals surface area contributed by atoms with Gasteiger partial charge in [0.2, 0.25) is 0 Å². The predicted molar refractivity (Wildman–Crippen MR) is 132 cm³/mol. The highest BCUT2D eigenvalue weighted by Gasteiger charge is 2.13. The number of para-hydroxylation sites is 2. The van der Waals surface area contributed by atoms with E-state index in [4.69, 9.17) is 0 Å². The minimum Gasteiger partial charge on any atom is -0.316 e. The van der Waals surface area contributed by atoms with Gasteiger partial charge in [-0.2, -0.15) is 0 Å². The lowest BCUT2D eigenvalue weighted by molar-refractivity contribution is 0.295. The molecule has 0 bridgehead atoms. The van der Waals surface area contributed by atoms with Crippen LogP contribution in [0.15, 0.2) is 97.2 Å². The third-order valence-corrected chi connectivity index (χ3v) is 6.44. The molecule has 0 saturated carbocycles. The number of aromatic nitrogens is 1. The molecule has 2 heteroatoms. The van der Waals surface area contributed by atoms with Crippen molar-refractivity contribution >= 4 is 16.5 Å². The lowest BCUT2D eigenvalue weighted by Crippen LogP contribution is -2.29. The van der Waals surface area contributed by atoms with E-state index in [1.54, 1.807) is 0 Å². The molecule has 1 aliphatic rings. The van der Waals surface area contributed by atoms with Gasteiger partial charge in [-0.05, 0) is 67.1 Å². The van der Waals surface area contributed by atoms with Gasteiger partial charge in [0, 0.05) is 30.4 Å². The molecule has 0 saturated heterocycles. The van der Waals surface area contributed by atoms with Gasteiger partial charge in [0.15, 0.2) is 0 Å². The molecule has 156 valence electrons. The highest BCUT2D eigenvalue weighted by Crippen LogP contribution is 2.26. The molecule has 0 N–H and O–H groups in total. The molecule has 2 nitrogen and oxygen atoms in total. The Bertz CT molecular complexity index is 1160. The molecule has 0 amide bonds. The van der Waals surface area contributed by atoms with Crippen molar-refractivity contribution in [2.24, 2.45) is 0 Å². The summed E-state index contributed by atoms with van der Waals surface area (Å²) in [6, 6.07) is 30.3. The minimum absolute atomic E-state index is 1.08. The van der Waals surface area contributed by atoms with Crippen molar-refractivity contribution in [3.63, 3.8) is 0 Å². The summed E-state index contributed by atoms with van der Waals surface area (Å²) in [5.41, 5.74) is 6.89. The molecule has 2 heterocycles. The molecule has 4 aromatic rings. The van der Waals surface area contributed by atoms with Gasteiger partial charge in [-0.25, -0.2) is 0 Å². The second kappa shape index (κ2) is 9.36. The maximum absolute atomic E-state index is 2.60. The van der Waals surface area contributed by atoms with Crippen LogP contribution >= 0.6 is 0 Å². The van der Waals surface area contributed by atoms with E-state index < -0.39 is 0 Å². The maximum atomic E-state index is 2.60. The van der Waals surface area contributed by atoms with E-state index in [0.29, 0.717) is 0 Å². The van der Waals surface area contributed by atoms with E-state index in [9.17, 15) is 0 Å². The van der Waals surface area contributed by atoms with Crippen molar-refractivity contribution in [3.8, 4) is 5.69 Å². The molecule has 0 radical (unpaired) electrons. The monoisotopic (exact) mass is 406 g/mol. The summed E-state index contributed by atoms with van der Waals surface area (Å²) >= 11 is 0. The molecule has 31 heavy (non-hydrogen) atoms. The zero-order valence-corrected chi connectivity index (χ0v) is 18.1. The van der Waals surface area contributed by atoms with Crippen LogP contribution in [-0.4, -0.2) is 29.1 Å². The molecule has 0 atom stereocenters. The Labute approximate surface area is 185 Å². The van der Waals surface area contributed by atoms with E-state index in [2.05, 4.69) is 107 Å². The number of fused-ring (bicyclic) bond motifs is 1. The first-order valence-corrected chi connectivity index (χ1v) is 11.5. The van der Waals surface area contributed by atoms with Crippen LogP contribution < -0.4 is 0 Å². The summed E-state index contributed by atoms with van der Waals surface area (Å²) in [4.78, 5) is 2.60. The molecule has 0 unspecified atom stereocenters. The van der Waals surface area contributed by atoms with E-state index in [0.717, 1.165) is 19.4 Å². The van der Waals surface area contributed by atoms with Crippen LogP contribution in [-0.2, 0) is 6.42 Å². The Hall–Kier alpha value is -3.10. The summed E-state index contributed by atoms with van der Waals surface area (Å²) in [7, 11) is 0. The Balaban J connectivity index is 1.19. The van der Waals surface area contributed by atoms with Gasteiger partial charge in [0.25, 0.3) is 0 Å². The van der Waals surface area contributed by atoms with Crippen LogP contribution in [0.4, 0.5) is 0 Å². The number of benzene rings is 3. The second-order valence-corrected chi connectivity index (χ2v) is 8.48.